The molecule has 0 spiro atoms. The normalized spacial score (nSPS) is 13.8. The molecule has 0 bridgehead atoms. The molecule has 17 heavy (non-hydrogen) atoms. The summed E-state index contributed by atoms with van der Waals surface area (Å²) in [5.41, 5.74) is -0.0863. The van der Waals surface area contributed by atoms with Crippen molar-refractivity contribution in [1.82, 2.24) is 5.32 Å². The molecule has 0 heterocycles. The maximum atomic E-state index is 13.4. The first-order valence-corrected chi connectivity index (χ1v) is 5.03. The molecule has 1 aromatic rings. The molecule has 0 amide bonds. The number of rotatable bonds is 4. The summed E-state index contributed by atoms with van der Waals surface area (Å²) in [5, 5.41) is 2.55. The third-order valence-corrected chi connectivity index (χ3v) is 2.42. The fourth-order valence-electron chi connectivity index (χ4n) is 1.55. The first-order chi connectivity index (χ1) is 7.85. The van der Waals surface area contributed by atoms with Gasteiger partial charge in [0.15, 0.2) is 11.6 Å². The minimum atomic E-state index is -4.31. The summed E-state index contributed by atoms with van der Waals surface area (Å²) in [5.74, 6) is -2.16. The zero-order valence-electron chi connectivity index (χ0n) is 9.11. The lowest BCUT2D eigenvalue weighted by Crippen LogP contribution is -2.21. The quantitative estimate of drug-likeness (QED) is 0.809. The van der Waals surface area contributed by atoms with Crippen molar-refractivity contribution in [2.75, 3.05) is 7.05 Å². The Kier molecular flexibility index (Phi) is 4.45. The number of nitrogens with one attached hydrogen (secondary N) is 1. The fraction of sp³-hybridized carbons (Fsp3) is 0.455. The van der Waals surface area contributed by atoms with Gasteiger partial charge in [-0.25, -0.2) is 8.78 Å². The summed E-state index contributed by atoms with van der Waals surface area (Å²) in [4.78, 5) is 0. The summed E-state index contributed by atoms with van der Waals surface area (Å²) in [6, 6.07) is 2.61. The van der Waals surface area contributed by atoms with Crippen molar-refractivity contribution in [2.45, 2.75) is 25.1 Å². The first-order valence-electron chi connectivity index (χ1n) is 5.03. The van der Waals surface area contributed by atoms with Crippen molar-refractivity contribution in [3.63, 3.8) is 0 Å². The van der Waals surface area contributed by atoms with Crippen molar-refractivity contribution in [2.24, 2.45) is 0 Å². The molecule has 1 atom stereocenters. The molecule has 0 aromatic heterocycles. The van der Waals surface area contributed by atoms with E-state index < -0.39 is 30.3 Å². The van der Waals surface area contributed by atoms with Crippen molar-refractivity contribution >= 4 is 0 Å². The third-order valence-electron chi connectivity index (χ3n) is 2.42. The summed E-state index contributed by atoms with van der Waals surface area (Å²) in [7, 11) is 1.41. The van der Waals surface area contributed by atoms with Crippen molar-refractivity contribution in [3.8, 4) is 0 Å². The Balaban J connectivity index is 2.83. The molecule has 0 saturated heterocycles. The summed E-state index contributed by atoms with van der Waals surface area (Å²) in [6.45, 7) is 0. The van der Waals surface area contributed by atoms with Gasteiger partial charge in [0, 0.05) is 18.0 Å². The second kappa shape index (κ2) is 5.44. The highest BCUT2D eigenvalue weighted by Crippen LogP contribution is 2.29. The minimum absolute atomic E-state index is 0.0863. The summed E-state index contributed by atoms with van der Waals surface area (Å²) in [6.07, 6.45) is -5.69. The van der Waals surface area contributed by atoms with Gasteiger partial charge in [0.25, 0.3) is 0 Å². The van der Waals surface area contributed by atoms with E-state index in [-0.39, 0.29) is 12.0 Å². The van der Waals surface area contributed by atoms with Gasteiger partial charge in [-0.05, 0) is 19.5 Å². The smallest absolute Gasteiger partial charge is 0.313 e. The van der Waals surface area contributed by atoms with Gasteiger partial charge >= 0.3 is 6.18 Å². The summed E-state index contributed by atoms with van der Waals surface area (Å²) >= 11 is 0. The molecule has 1 aromatic carbocycles. The van der Waals surface area contributed by atoms with E-state index in [1.54, 1.807) is 0 Å². The van der Waals surface area contributed by atoms with Gasteiger partial charge in [0.05, 0.1) is 0 Å². The Morgan fingerprint density at radius 2 is 1.88 bits per heavy atom. The molecular formula is C11H12F5N. The van der Waals surface area contributed by atoms with Crippen LogP contribution < -0.4 is 5.32 Å². The summed E-state index contributed by atoms with van der Waals surface area (Å²) < 4.78 is 62.4. The SMILES string of the molecule is CNC(CCC(F)(F)F)c1cccc(F)c1F. The second-order valence-corrected chi connectivity index (χ2v) is 3.64. The van der Waals surface area contributed by atoms with Gasteiger partial charge in [-0.15, -0.1) is 0 Å². The van der Waals surface area contributed by atoms with Crippen LogP contribution in [0.25, 0.3) is 0 Å². The molecule has 0 fully saturated rings. The topological polar surface area (TPSA) is 12.0 Å². The Labute approximate surface area is 95.6 Å². The number of alkyl halides is 3. The van der Waals surface area contributed by atoms with Crippen LogP contribution in [-0.4, -0.2) is 13.2 Å². The van der Waals surface area contributed by atoms with Gasteiger partial charge in [0.1, 0.15) is 0 Å². The lowest BCUT2D eigenvalue weighted by Gasteiger charge is -2.18. The Morgan fingerprint density at radius 1 is 1.24 bits per heavy atom. The van der Waals surface area contributed by atoms with Gasteiger partial charge < -0.3 is 5.32 Å². The molecule has 0 saturated carbocycles. The molecule has 0 aliphatic rings. The van der Waals surface area contributed by atoms with E-state index >= 15 is 0 Å². The zero-order chi connectivity index (χ0) is 13.1. The van der Waals surface area contributed by atoms with Crippen LogP contribution in [0.2, 0.25) is 0 Å². The van der Waals surface area contributed by atoms with Crippen LogP contribution >= 0.6 is 0 Å². The molecule has 1 rings (SSSR count). The van der Waals surface area contributed by atoms with Crippen molar-refractivity contribution < 1.29 is 22.0 Å². The van der Waals surface area contributed by atoms with E-state index in [1.807, 2.05) is 0 Å². The monoisotopic (exact) mass is 253 g/mol. The maximum Gasteiger partial charge on any atom is 0.389 e. The van der Waals surface area contributed by atoms with Crippen molar-refractivity contribution in [1.29, 1.82) is 0 Å². The van der Waals surface area contributed by atoms with Crippen LogP contribution in [0.3, 0.4) is 0 Å². The lowest BCUT2D eigenvalue weighted by molar-refractivity contribution is -0.136. The highest BCUT2D eigenvalue weighted by molar-refractivity contribution is 5.22. The molecule has 6 heteroatoms. The predicted molar refractivity (Wildman–Crippen MR) is 53.4 cm³/mol. The predicted octanol–water partition coefficient (Wildman–Crippen LogP) is 3.57. The zero-order valence-corrected chi connectivity index (χ0v) is 9.11. The van der Waals surface area contributed by atoms with Crippen LogP contribution in [0, 0.1) is 11.6 Å². The molecule has 1 N–H and O–H groups in total. The minimum Gasteiger partial charge on any atom is -0.313 e. The third kappa shape index (κ3) is 3.96. The number of hydrogen-bond donors (Lipinski definition) is 1. The molecular weight excluding hydrogens is 241 g/mol. The number of halogens is 5. The largest absolute Gasteiger partial charge is 0.389 e. The van der Waals surface area contributed by atoms with Crippen LogP contribution in [0.4, 0.5) is 22.0 Å². The highest BCUT2D eigenvalue weighted by atomic mass is 19.4. The average molecular weight is 253 g/mol. The van der Waals surface area contributed by atoms with Gasteiger partial charge in [0.2, 0.25) is 0 Å². The highest BCUT2D eigenvalue weighted by Gasteiger charge is 2.29. The molecule has 1 nitrogen and oxygen atoms in total. The fourth-order valence-corrected chi connectivity index (χ4v) is 1.55. The van der Waals surface area contributed by atoms with Crippen LogP contribution in [0.5, 0.6) is 0 Å². The van der Waals surface area contributed by atoms with E-state index in [0.717, 1.165) is 6.07 Å². The lowest BCUT2D eigenvalue weighted by atomic mass is 10.0. The molecule has 0 aliphatic carbocycles. The van der Waals surface area contributed by atoms with E-state index in [9.17, 15) is 22.0 Å². The van der Waals surface area contributed by atoms with Gasteiger partial charge in [-0.1, -0.05) is 12.1 Å². The standard InChI is InChI=1S/C11H12F5N/c1-17-9(5-6-11(14,15)16)7-3-2-4-8(12)10(7)13/h2-4,9,17H,5-6H2,1H3. The van der Waals surface area contributed by atoms with Crippen LogP contribution in [0.1, 0.15) is 24.4 Å². The average Bonchev–Trinajstić information content (AvgIpc) is 2.23. The van der Waals surface area contributed by atoms with Crippen LogP contribution in [-0.2, 0) is 0 Å². The molecule has 0 aliphatic heterocycles. The molecule has 1 unspecified atom stereocenters. The first kappa shape index (κ1) is 13.9. The van der Waals surface area contributed by atoms with E-state index in [1.165, 1.54) is 19.2 Å². The Morgan fingerprint density at radius 3 is 2.41 bits per heavy atom. The molecule has 96 valence electrons. The van der Waals surface area contributed by atoms with E-state index in [2.05, 4.69) is 5.32 Å². The second-order valence-electron chi connectivity index (χ2n) is 3.64. The number of benzene rings is 1. The van der Waals surface area contributed by atoms with E-state index in [4.69, 9.17) is 0 Å². The molecule has 0 radical (unpaired) electrons. The van der Waals surface area contributed by atoms with E-state index in [0.29, 0.717) is 0 Å². The van der Waals surface area contributed by atoms with Crippen molar-refractivity contribution in [3.05, 3.63) is 35.4 Å². The number of hydrogen-bond acceptors (Lipinski definition) is 1. The Hall–Kier alpha value is -1.17. The van der Waals surface area contributed by atoms with Gasteiger partial charge in [-0.3, -0.25) is 0 Å². The maximum absolute atomic E-state index is 13.4. The van der Waals surface area contributed by atoms with Gasteiger partial charge in [-0.2, -0.15) is 13.2 Å². The Bertz CT molecular complexity index is 375. The van der Waals surface area contributed by atoms with Crippen LogP contribution in [0.15, 0.2) is 18.2 Å².